The molecule has 0 N–H and O–H groups in total. The van der Waals surface area contributed by atoms with Gasteiger partial charge in [-0.05, 0) is 44.4 Å². The molecule has 7 nitrogen and oxygen atoms in total. The van der Waals surface area contributed by atoms with E-state index in [9.17, 15) is 18.8 Å². The number of ketones is 1. The smallest absolute Gasteiger partial charge is 0.354 e. The summed E-state index contributed by atoms with van der Waals surface area (Å²) in [5.74, 6) is -2.08. The highest BCUT2D eigenvalue weighted by Gasteiger charge is 2.30. The number of rotatable bonds is 7. The average Bonchev–Trinajstić information content (AvgIpc) is 3.33. The molecule has 2 aromatic rings. The first-order chi connectivity index (χ1) is 14.8. The number of hydrogen-bond donors (Lipinski definition) is 0. The topological polar surface area (TPSA) is 77.8 Å². The standard InChI is InChI=1S/C23H27FN2O5/c1-14-20(15(2)25(3)21(14)23(29)30-4)19(27)13-26(12-16-8-7-11-31-16)22(28)17-9-5-6-10-18(17)24/h5-6,9-10,16H,7-8,11-13H2,1-4H3. The van der Waals surface area contributed by atoms with Gasteiger partial charge in [0.2, 0.25) is 0 Å². The Labute approximate surface area is 180 Å². The van der Waals surface area contributed by atoms with Gasteiger partial charge in [0.15, 0.2) is 5.78 Å². The molecule has 31 heavy (non-hydrogen) atoms. The molecule has 0 spiro atoms. The Hall–Kier alpha value is -3.00. The predicted octanol–water partition coefficient (Wildman–Crippen LogP) is 3.07. The van der Waals surface area contributed by atoms with E-state index in [4.69, 9.17) is 9.47 Å². The van der Waals surface area contributed by atoms with Crippen molar-refractivity contribution in [2.45, 2.75) is 32.8 Å². The Bertz CT molecular complexity index is 1010. The second-order valence-corrected chi connectivity index (χ2v) is 7.71. The lowest BCUT2D eigenvalue weighted by Crippen LogP contribution is -2.41. The Kier molecular flexibility index (Phi) is 6.90. The van der Waals surface area contributed by atoms with Crippen LogP contribution in [0.1, 0.15) is 55.3 Å². The molecule has 0 saturated carbocycles. The summed E-state index contributed by atoms with van der Waals surface area (Å²) in [6.45, 7) is 3.94. The third-order valence-electron chi connectivity index (χ3n) is 5.76. The zero-order valence-corrected chi connectivity index (χ0v) is 18.2. The molecule has 2 heterocycles. The van der Waals surface area contributed by atoms with Gasteiger partial charge in [0.1, 0.15) is 11.5 Å². The van der Waals surface area contributed by atoms with E-state index in [0.717, 1.165) is 12.8 Å². The molecule has 0 radical (unpaired) electrons. The first-order valence-corrected chi connectivity index (χ1v) is 10.2. The monoisotopic (exact) mass is 430 g/mol. The van der Waals surface area contributed by atoms with Crippen LogP contribution < -0.4 is 0 Å². The highest BCUT2D eigenvalue weighted by Crippen LogP contribution is 2.24. The summed E-state index contributed by atoms with van der Waals surface area (Å²) in [6, 6.07) is 5.70. The number of ether oxygens (including phenoxy) is 2. The number of Topliss-reactive ketones (excluding diaryl/α,β-unsaturated/α-hetero) is 1. The van der Waals surface area contributed by atoms with Gasteiger partial charge in [-0.1, -0.05) is 12.1 Å². The summed E-state index contributed by atoms with van der Waals surface area (Å²) >= 11 is 0. The van der Waals surface area contributed by atoms with Crippen LogP contribution in [0.4, 0.5) is 4.39 Å². The summed E-state index contributed by atoms with van der Waals surface area (Å²) in [5, 5.41) is 0. The number of esters is 1. The number of nitrogens with zero attached hydrogens (tertiary/aromatic N) is 2. The van der Waals surface area contributed by atoms with E-state index >= 15 is 0 Å². The highest BCUT2D eigenvalue weighted by atomic mass is 19.1. The molecule has 8 heteroatoms. The number of hydrogen-bond acceptors (Lipinski definition) is 5. The van der Waals surface area contributed by atoms with E-state index in [1.165, 1.54) is 30.2 Å². The largest absolute Gasteiger partial charge is 0.464 e. The molecule has 166 valence electrons. The number of carbonyl (C=O) groups excluding carboxylic acids is 3. The van der Waals surface area contributed by atoms with Crippen molar-refractivity contribution in [3.8, 4) is 0 Å². The zero-order chi connectivity index (χ0) is 22.7. The van der Waals surface area contributed by atoms with Crippen LogP contribution in [0.3, 0.4) is 0 Å². The molecule has 1 amide bonds. The maximum Gasteiger partial charge on any atom is 0.354 e. The van der Waals surface area contributed by atoms with Crippen LogP contribution in [0.25, 0.3) is 0 Å². The summed E-state index contributed by atoms with van der Waals surface area (Å²) in [4.78, 5) is 39.9. The van der Waals surface area contributed by atoms with Crippen molar-refractivity contribution in [3.05, 3.63) is 58.2 Å². The molecule has 1 aromatic carbocycles. The predicted molar refractivity (Wildman–Crippen MR) is 112 cm³/mol. The maximum atomic E-state index is 14.3. The molecule has 1 aliphatic heterocycles. The second kappa shape index (κ2) is 9.43. The third kappa shape index (κ3) is 4.54. The second-order valence-electron chi connectivity index (χ2n) is 7.71. The first-order valence-electron chi connectivity index (χ1n) is 10.2. The lowest BCUT2D eigenvalue weighted by molar-refractivity contribution is 0.0503. The van der Waals surface area contributed by atoms with E-state index in [-0.39, 0.29) is 36.2 Å². The van der Waals surface area contributed by atoms with Crippen LogP contribution in [0.15, 0.2) is 24.3 Å². The molecule has 1 aliphatic rings. The van der Waals surface area contributed by atoms with Gasteiger partial charge >= 0.3 is 5.97 Å². The molecule has 1 unspecified atom stereocenters. The molecule has 3 rings (SSSR count). The molecule has 1 atom stereocenters. The fourth-order valence-electron chi connectivity index (χ4n) is 4.09. The van der Waals surface area contributed by atoms with Gasteiger partial charge in [0.25, 0.3) is 5.91 Å². The van der Waals surface area contributed by atoms with Crippen LogP contribution >= 0.6 is 0 Å². The van der Waals surface area contributed by atoms with Crippen LogP contribution in [-0.2, 0) is 16.5 Å². The quantitative estimate of drug-likeness (QED) is 0.498. The summed E-state index contributed by atoms with van der Waals surface area (Å²) in [5.41, 5.74) is 1.65. The van der Waals surface area contributed by atoms with Gasteiger partial charge in [0.05, 0.1) is 25.3 Å². The fourth-order valence-corrected chi connectivity index (χ4v) is 4.09. The molecule has 1 saturated heterocycles. The minimum atomic E-state index is -0.641. The molecular formula is C23H27FN2O5. The van der Waals surface area contributed by atoms with E-state index in [1.54, 1.807) is 31.5 Å². The van der Waals surface area contributed by atoms with E-state index in [2.05, 4.69) is 0 Å². The van der Waals surface area contributed by atoms with Gasteiger partial charge < -0.3 is 18.9 Å². The fraction of sp³-hybridized carbons (Fsp3) is 0.435. The Morgan fingerprint density at radius 1 is 1.26 bits per heavy atom. The van der Waals surface area contributed by atoms with Crippen LogP contribution in [-0.4, -0.2) is 60.0 Å². The minimum absolute atomic E-state index is 0.0925. The van der Waals surface area contributed by atoms with Crippen molar-refractivity contribution >= 4 is 17.7 Å². The molecular weight excluding hydrogens is 403 g/mol. The van der Waals surface area contributed by atoms with Crippen molar-refractivity contribution in [2.75, 3.05) is 26.8 Å². The summed E-state index contributed by atoms with van der Waals surface area (Å²) in [6.07, 6.45) is 1.44. The average molecular weight is 430 g/mol. The summed E-state index contributed by atoms with van der Waals surface area (Å²) < 4.78 is 26.3. The maximum absolute atomic E-state index is 14.3. The Balaban J connectivity index is 1.92. The van der Waals surface area contributed by atoms with Crippen LogP contribution in [0.5, 0.6) is 0 Å². The Morgan fingerprint density at radius 3 is 2.58 bits per heavy atom. The van der Waals surface area contributed by atoms with Crippen LogP contribution in [0, 0.1) is 19.7 Å². The van der Waals surface area contributed by atoms with Crippen molar-refractivity contribution in [2.24, 2.45) is 7.05 Å². The van der Waals surface area contributed by atoms with Gasteiger partial charge in [-0.3, -0.25) is 9.59 Å². The molecule has 0 bridgehead atoms. The number of carbonyl (C=O) groups is 3. The summed E-state index contributed by atoms with van der Waals surface area (Å²) in [7, 11) is 2.96. The normalized spacial score (nSPS) is 15.7. The molecule has 1 aromatic heterocycles. The van der Waals surface area contributed by atoms with Crippen molar-refractivity contribution in [3.63, 3.8) is 0 Å². The molecule has 0 aliphatic carbocycles. The SMILES string of the molecule is COC(=O)c1c(C)c(C(=O)CN(CC2CCCO2)C(=O)c2ccccc2F)c(C)n1C. The van der Waals surface area contributed by atoms with Gasteiger partial charge in [0, 0.05) is 31.5 Å². The van der Waals surface area contributed by atoms with Crippen molar-refractivity contribution in [1.82, 2.24) is 9.47 Å². The third-order valence-corrected chi connectivity index (χ3v) is 5.76. The number of amides is 1. The Morgan fingerprint density at radius 2 is 1.97 bits per heavy atom. The van der Waals surface area contributed by atoms with Gasteiger partial charge in [-0.15, -0.1) is 0 Å². The number of halogens is 1. The van der Waals surface area contributed by atoms with Crippen molar-refractivity contribution < 1.29 is 28.2 Å². The first kappa shape index (κ1) is 22.7. The zero-order valence-electron chi connectivity index (χ0n) is 18.2. The lowest BCUT2D eigenvalue weighted by atomic mass is 10.0. The molecule has 1 fully saturated rings. The van der Waals surface area contributed by atoms with Gasteiger partial charge in [-0.25, -0.2) is 9.18 Å². The van der Waals surface area contributed by atoms with E-state index < -0.39 is 17.7 Å². The van der Waals surface area contributed by atoms with E-state index in [1.807, 2.05) is 0 Å². The van der Waals surface area contributed by atoms with Gasteiger partial charge in [-0.2, -0.15) is 0 Å². The number of benzene rings is 1. The number of aromatic nitrogens is 1. The highest BCUT2D eigenvalue weighted by molar-refractivity contribution is 6.06. The number of methoxy groups -OCH3 is 1. The minimum Gasteiger partial charge on any atom is -0.464 e. The van der Waals surface area contributed by atoms with Crippen molar-refractivity contribution in [1.29, 1.82) is 0 Å². The lowest BCUT2D eigenvalue weighted by Gasteiger charge is -2.25. The van der Waals surface area contributed by atoms with E-state index in [0.29, 0.717) is 23.4 Å². The van der Waals surface area contributed by atoms with Crippen LogP contribution in [0.2, 0.25) is 0 Å².